The Labute approximate surface area is 167 Å². The van der Waals surface area contributed by atoms with Gasteiger partial charge in [0.25, 0.3) is 0 Å². The highest BCUT2D eigenvalue weighted by Crippen LogP contribution is 2.45. The largest absolute Gasteiger partial charge is 0.496 e. The lowest BCUT2D eigenvalue weighted by Crippen LogP contribution is -1.89. The molecule has 0 spiro atoms. The predicted octanol–water partition coefficient (Wildman–Crippen LogP) is 5.93. The highest BCUT2D eigenvalue weighted by Gasteiger charge is 2.20. The average molecular weight is 388 g/mol. The third-order valence-corrected chi connectivity index (χ3v) is 5.49. The first-order chi connectivity index (χ1) is 14.2. The number of ether oxygens (including phenoxy) is 4. The Kier molecular flexibility index (Phi) is 3.91. The highest BCUT2D eigenvalue weighted by molar-refractivity contribution is 6.23. The third-order valence-electron chi connectivity index (χ3n) is 5.49. The minimum absolute atomic E-state index is 0.735. The summed E-state index contributed by atoms with van der Waals surface area (Å²) in [6.45, 7) is 0. The summed E-state index contributed by atoms with van der Waals surface area (Å²) in [4.78, 5) is 0. The first-order valence-corrected chi connectivity index (χ1v) is 9.25. The van der Waals surface area contributed by atoms with Gasteiger partial charge in [0.05, 0.1) is 39.2 Å². The van der Waals surface area contributed by atoms with Gasteiger partial charge in [-0.1, -0.05) is 0 Å². The molecule has 1 aromatic heterocycles. The van der Waals surface area contributed by atoms with Gasteiger partial charge in [0.2, 0.25) is 0 Å². The maximum atomic E-state index is 6.49. The summed E-state index contributed by atoms with van der Waals surface area (Å²) in [7, 11) is 6.64. The summed E-state index contributed by atoms with van der Waals surface area (Å²) in [5.41, 5.74) is 1.51. The summed E-state index contributed by atoms with van der Waals surface area (Å²) < 4.78 is 28.9. The molecule has 0 radical (unpaired) electrons. The van der Waals surface area contributed by atoms with E-state index in [2.05, 4.69) is 12.1 Å². The van der Waals surface area contributed by atoms with E-state index in [-0.39, 0.29) is 0 Å². The van der Waals surface area contributed by atoms with Crippen LogP contribution in [0.4, 0.5) is 0 Å². The number of furan rings is 1. The van der Waals surface area contributed by atoms with Crippen LogP contribution in [0.25, 0.3) is 43.5 Å². The molecule has 5 nitrogen and oxygen atoms in total. The molecule has 0 atom stereocenters. The molecular weight excluding hydrogens is 368 g/mol. The molecule has 0 saturated heterocycles. The lowest BCUT2D eigenvalue weighted by Gasteiger charge is -2.10. The van der Waals surface area contributed by atoms with Crippen LogP contribution in [0.2, 0.25) is 0 Å². The number of hydrogen-bond acceptors (Lipinski definition) is 5. The van der Waals surface area contributed by atoms with Crippen LogP contribution in [0.3, 0.4) is 0 Å². The van der Waals surface area contributed by atoms with Crippen molar-refractivity contribution in [2.45, 2.75) is 0 Å². The fraction of sp³-hybridized carbons (Fsp3) is 0.167. The lowest BCUT2D eigenvalue weighted by molar-refractivity contribution is 0.410. The van der Waals surface area contributed by atoms with Crippen LogP contribution in [0.15, 0.2) is 52.9 Å². The molecule has 0 fully saturated rings. The first kappa shape index (κ1) is 17.5. The van der Waals surface area contributed by atoms with Gasteiger partial charge in [-0.15, -0.1) is 0 Å². The number of methoxy groups -OCH3 is 4. The molecule has 5 rings (SSSR count). The van der Waals surface area contributed by atoms with Gasteiger partial charge in [0.1, 0.15) is 34.2 Å². The second-order valence-corrected chi connectivity index (χ2v) is 6.77. The Hall–Kier alpha value is -3.60. The van der Waals surface area contributed by atoms with Crippen LogP contribution in [-0.4, -0.2) is 28.4 Å². The van der Waals surface area contributed by atoms with Crippen molar-refractivity contribution in [3.05, 3.63) is 48.5 Å². The van der Waals surface area contributed by atoms with Gasteiger partial charge in [-0.2, -0.15) is 0 Å². The normalized spacial score (nSPS) is 11.4. The zero-order valence-corrected chi connectivity index (χ0v) is 16.7. The van der Waals surface area contributed by atoms with E-state index in [1.54, 1.807) is 28.4 Å². The number of rotatable bonds is 4. The van der Waals surface area contributed by atoms with E-state index in [1.165, 1.54) is 0 Å². The van der Waals surface area contributed by atoms with Crippen LogP contribution in [0.1, 0.15) is 0 Å². The third kappa shape index (κ3) is 2.34. The van der Waals surface area contributed by atoms with Crippen molar-refractivity contribution >= 4 is 43.5 Å². The molecule has 0 amide bonds. The molecule has 5 heteroatoms. The van der Waals surface area contributed by atoms with Crippen LogP contribution in [-0.2, 0) is 0 Å². The van der Waals surface area contributed by atoms with Gasteiger partial charge in [-0.3, -0.25) is 0 Å². The Morgan fingerprint density at radius 1 is 0.448 bits per heavy atom. The van der Waals surface area contributed by atoms with E-state index >= 15 is 0 Å². The van der Waals surface area contributed by atoms with E-state index in [0.29, 0.717) is 0 Å². The van der Waals surface area contributed by atoms with Gasteiger partial charge >= 0.3 is 0 Å². The van der Waals surface area contributed by atoms with E-state index in [0.717, 1.165) is 66.5 Å². The lowest BCUT2D eigenvalue weighted by atomic mass is 10.0. The van der Waals surface area contributed by atoms with Crippen LogP contribution < -0.4 is 18.9 Å². The molecule has 146 valence electrons. The molecule has 0 aliphatic heterocycles. The summed E-state index contributed by atoms with van der Waals surface area (Å²) in [6, 6.07) is 15.8. The van der Waals surface area contributed by atoms with Gasteiger partial charge in [-0.25, -0.2) is 0 Å². The van der Waals surface area contributed by atoms with Crippen LogP contribution in [0, 0.1) is 0 Å². The van der Waals surface area contributed by atoms with Crippen molar-refractivity contribution in [3.63, 3.8) is 0 Å². The molecule has 0 aliphatic carbocycles. The molecule has 0 N–H and O–H groups in total. The zero-order valence-electron chi connectivity index (χ0n) is 16.7. The molecule has 5 aromatic rings. The molecular formula is C24H20O5. The van der Waals surface area contributed by atoms with Gasteiger partial charge < -0.3 is 23.4 Å². The minimum atomic E-state index is 0.735. The zero-order chi connectivity index (χ0) is 20.1. The molecule has 0 bridgehead atoms. The Bertz CT molecular complexity index is 1290. The Morgan fingerprint density at radius 3 is 1.17 bits per heavy atom. The minimum Gasteiger partial charge on any atom is -0.496 e. The number of hydrogen-bond donors (Lipinski definition) is 0. The topological polar surface area (TPSA) is 50.1 Å². The summed E-state index contributed by atoms with van der Waals surface area (Å²) in [6.07, 6.45) is 0. The molecule has 29 heavy (non-hydrogen) atoms. The van der Waals surface area contributed by atoms with Gasteiger partial charge in [0, 0.05) is 21.5 Å². The first-order valence-electron chi connectivity index (χ1n) is 9.25. The predicted molar refractivity (Wildman–Crippen MR) is 115 cm³/mol. The standard InChI is InChI=1S/C24H20O5/c1-25-17-9-11-19(27-3)21-15(17)7-5-13-14-6-8-16-18(26-2)10-12-20(28-4)22(16)24(14)29-23(13)21/h5-12H,1-4H3. The van der Waals surface area contributed by atoms with Crippen molar-refractivity contribution in [1.82, 2.24) is 0 Å². The maximum absolute atomic E-state index is 6.49. The van der Waals surface area contributed by atoms with Gasteiger partial charge in [-0.05, 0) is 48.5 Å². The Morgan fingerprint density at radius 2 is 0.793 bits per heavy atom. The maximum Gasteiger partial charge on any atom is 0.147 e. The van der Waals surface area contributed by atoms with E-state index < -0.39 is 0 Å². The molecule has 1 heterocycles. The van der Waals surface area contributed by atoms with E-state index in [4.69, 9.17) is 23.4 Å². The van der Waals surface area contributed by atoms with Crippen molar-refractivity contribution in [2.75, 3.05) is 28.4 Å². The number of fused-ring (bicyclic) bond motifs is 7. The van der Waals surface area contributed by atoms with Crippen molar-refractivity contribution < 1.29 is 23.4 Å². The van der Waals surface area contributed by atoms with Crippen molar-refractivity contribution in [3.8, 4) is 23.0 Å². The summed E-state index contributed by atoms with van der Waals surface area (Å²) in [5, 5.41) is 5.65. The average Bonchev–Trinajstić information content (AvgIpc) is 3.16. The smallest absolute Gasteiger partial charge is 0.147 e. The molecule has 0 aliphatic rings. The summed E-state index contributed by atoms with van der Waals surface area (Å²) >= 11 is 0. The fourth-order valence-corrected chi connectivity index (χ4v) is 4.15. The van der Waals surface area contributed by atoms with Crippen molar-refractivity contribution in [2.24, 2.45) is 0 Å². The quantitative estimate of drug-likeness (QED) is 0.382. The second kappa shape index (κ2) is 6.48. The molecule has 0 unspecified atom stereocenters. The molecule has 0 saturated carbocycles. The monoisotopic (exact) mass is 388 g/mol. The van der Waals surface area contributed by atoms with E-state index in [9.17, 15) is 0 Å². The second-order valence-electron chi connectivity index (χ2n) is 6.77. The fourth-order valence-electron chi connectivity index (χ4n) is 4.15. The number of benzene rings is 4. The highest BCUT2D eigenvalue weighted by atomic mass is 16.5. The summed E-state index contributed by atoms with van der Waals surface area (Å²) in [5.74, 6) is 3.01. The van der Waals surface area contributed by atoms with Crippen LogP contribution >= 0.6 is 0 Å². The molecule has 4 aromatic carbocycles. The van der Waals surface area contributed by atoms with Crippen LogP contribution in [0.5, 0.6) is 23.0 Å². The SMILES string of the molecule is COc1ccc(OC)c2c1ccc1c3ccc4c(OC)ccc(OC)c4c3oc12. The Balaban J connectivity index is 2.02. The van der Waals surface area contributed by atoms with E-state index in [1.807, 2.05) is 36.4 Å². The van der Waals surface area contributed by atoms with Crippen molar-refractivity contribution in [1.29, 1.82) is 0 Å². The van der Waals surface area contributed by atoms with Gasteiger partial charge in [0.15, 0.2) is 0 Å².